The van der Waals surface area contributed by atoms with Crippen molar-refractivity contribution in [2.45, 2.75) is 0 Å². The van der Waals surface area contributed by atoms with Crippen LogP contribution in [0.3, 0.4) is 0 Å². The molecule has 0 spiro atoms. The Morgan fingerprint density at radius 1 is 0.545 bits per heavy atom. The zero-order valence-electron chi connectivity index (χ0n) is 16.4. The van der Waals surface area contributed by atoms with Crippen LogP contribution in [0.15, 0.2) is 4.52 Å². The Morgan fingerprint density at radius 3 is 0.909 bits per heavy atom. The van der Waals surface area contributed by atoms with Crippen molar-refractivity contribution in [2.24, 2.45) is 4.52 Å². The van der Waals surface area contributed by atoms with Crippen LogP contribution in [0.1, 0.15) is 0 Å². The predicted octanol–water partition coefficient (Wildman–Crippen LogP) is 2.40. The number of hydrogen-bond donors (Lipinski definition) is 0. The Kier molecular flexibility index (Phi) is 10.5. The molecule has 0 aliphatic carbocycles. The van der Waals surface area contributed by atoms with Crippen LogP contribution in [0.25, 0.3) is 0 Å². The first-order valence-electron chi connectivity index (χ1n) is 6.97. The monoisotopic (exact) mass is 376 g/mol. The summed E-state index contributed by atoms with van der Waals surface area (Å²) < 4.78 is 19.1. The van der Waals surface area contributed by atoms with Gasteiger partial charge in [-0.15, -0.1) is 26.4 Å². The largest absolute Gasteiger partial charge is 0.355 e. The van der Waals surface area contributed by atoms with E-state index in [1.165, 1.54) is 0 Å². The molecular weight excluding hydrogens is 340 g/mol. The van der Waals surface area contributed by atoms with Crippen molar-refractivity contribution in [3.63, 3.8) is 0 Å². The summed E-state index contributed by atoms with van der Waals surface area (Å²) in [6, 6.07) is 0. The number of rotatable bonds is 7. The van der Waals surface area contributed by atoms with Gasteiger partial charge in [0.2, 0.25) is 7.51 Å². The Labute approximate surface area is 145 Å². The van der Waals surface area contributed by atoms with Crippen molar-refractivity contribution < 1.29 is 0 Å². The summed E-state index contributed by atoms with van der Waals surface area (Å²) in [7, 11) is 21.5. The standard InChI is InChI=1S/C12H36N7P2.ClH/c1-14(2)20(15(3)4,16(5)6)13-21(17(7)8,18(9)10)19(11)12;/h1-12H3;1H/q+1;. The van der Waals surface area contributed by atoms with Crippen molar-refractivity contribution in [3.8, 4) is 0 Å². The van der Waals surface area contributed by atoms with E-state index >= 15 is 0 Å². The van der Waals surface area contributed by atoms with E-state index < -0.39 is 15.4 Å². The van der Waals surface area contributed by atoms with E-state index in [0.717, 1.165) is 0 Å². The van der Waals surface area contributed by atoms with Crippen LogP contribution in [-0.2, 0) is 0 Å². The van der Waals surface area contributed by atoms with Gasteiger partial charge in [0.25, 0.3) is 0 Å². The molecular formula is C12H37ClN7P2+. The van der Waals surface area contributed by atoms with Crippen molar-refractivity contribution in [1.82, 2.24) is 28.0 Å². The number of nitrogens with zero attached hydrogens (tertiary/aromatic N) is 7. The summed E-state index contributed by atoms with van der Waals surface area (Å²) in [5.74, 6) is 0. The molecule has 0 N–H and O–H groups in total. The fraction of sp³-hybridized carbons (Fsp3) is 1.00. The molecule has 0 aliphatic rings. The van der Waals surface area contributed by atoms with Crippen LogP contribution in [0.5, 0.6) is 0 Å². The van der Waals surface area contributed by atoms with Crippen LogP contribution in [0.4, 0.5) is 0 Å². The van der Waals surface area contributed by atoms with Gasteiger partial charge in [-0.25, -0.2) is 14.0 Å². The molecule has 0 saturated heterocycles. The Hall–Kier alpha value is 0.710. The van der Waals surface area contributed by atoms with E-state index in [2.05, 4.69) is 113 Å². The molecule has 22 heavy (non-hydrogen) atoms. The zero-order valence-corrected chi connectivity index (χ0v) is 19.0. The lowest BCUT2D eigenvalue weighted by molar-refractivity contribution is 0.448. The lowest BCUT2D eigenvalue weighted by Gasteiger charge is -2.43. The minimum absolute atomic E-state index is 0. The fourth-order valence-corrected chi connectivity index (χ4v) is 12.2. The highest BCUT2D eigenvalue weighted by atomic mass is 35.5. The zero-order chi connectivity index (χ0) is 17.2. The summed E-state index contributed by atoms with van der Waals surface area (Å²) in [6.07, 6.45) is 0. The molecule has 0 atom stereocenters. The quantitative estimate of drug-likeness (QED) is 0.634. The Balaban J connectivity index is 0. The van der Waals surface area contributed by atoms with Gasteiger partial charge >= 0.3 is 7.87 Å². The maximum atomic E-state index is 5.51. The smallest absolute Gasteiger partial charge is 0.249 e. The van der Waals surface area contributed by atoms with E-state index in [1.54, 1.807) is 0 Å². The molecule has 136 valence electrons. The van der Waals surface area contributed by atoms with Gasteiger partial charge in [-0.05, 0) is 46.8 Å². The summed E-state index contributed by atoms with van der Waals surface area (Å²) in [5, 5.41) is 0. The van der Waals surface area contributed by atoms with Crippen molar-refractivity contribution in [3.05, 3.63) is 0 Å². The molecule has 7 nitrogen and oxygen atoms in total. The molecule has 0 amide bonds. The maximum Gasteiger partial charge on any atom is 0.355 e. The first-order valence-corrected chi connectivity index (χ1v) is 10.2. The van der Waals surface area contributed by atoms with E-state index in [0.29, 0.717) is 0 Å². The second-order valence-electron chi connectivity index (χ2n) is 6.25. The van der Waals surface area contributed by atoms with Crippen molar-refractivity contribution >= 4 is 27.8 Å². The van der Waals surface area contributed by atoms with E-state index in [9.17, 15) is 0 Å². The second kappa shape index (κ2) is 9.26. The average Bonchev–Trinajstić information content (AvgIpc) is 2.26. The number of hydrogen-bond acceptors (Lipinski definition) is 4. The highest BCUT2D eigenvalue weighted by Crippen LogP contribution is 2.73. The van der Waals surface area contributed by atoms with Crippen LogP contribution in [0, 0.1) is 0 Å². The highest BCUT2D eigenvalue weighted by molar-refractivity contribution is 7.75. The Morgan fingerprint density at radius 2 is 0.773 bits per heavy atom. The topological polar surface area (TPSA) is 31.8 Å². The van der Waals surface area contributed by atoms with Gasteiger partial charge in [0, 0.05) is 42.3 Å². The van der Waals surface area contributed by atoms with Gasteiger partial charge in [-0.1, -0.05) is 0 Å². The van der Waals surface area contributed by atoms with Crippen LogP contribution >= 0.6 is 27.8 Å². The second-order valence-corrected chi connectivity index (χ2v) is 13.9. The SMILES string of the molecule is CN(C)P(=N[P+](N(C)C)(N(C)C)N(C)C)(N(C)C)N(C)C.Cl. The van der Waals surface area contributed by atoms with Crippen molar-refractivity contribution in [1.29, 1.82) is 0 Å². The fourth-order valence-electron chi connectivity index (χ4n) is 2.79. The lowest BCUT2D eigenvalue weighted by Crippen LogP contribution is -2.37. The molecule has 0 fully saturated rings. The normalized spacial score (nSPS) is 13.7. The molecule has 0 aliphatic heterocycles. The van der Waals surface area contributed by atoms with E-state index in [-0.39, 0.29) is 12.4 Å². The van der Waals surface area contributed by atoms with Crippen LogP contribution in [-0.4, -0.2) is 113 Å². The summed E-state index contributed by atoms with van der Waals surface area (Å²) >= 11 is 0. The third-order valence-corrected chi connectivity index (χ3v) is 11.8. The molecule has 0 aromatic rings. The molecule has 0 aromatic heterocycles. The molecule has 10 heteroatoms. The molecule has 0 unspecified atom stereocenters. The molecule has 0 saturated carbocycles. The summed E-state index contributed by atoms with van der Waals surface area (Å²) in [4.78, 5) is 0. The van der Waals surface area contributed by atoms with E-state index in [4.69, 9.17) is 4.52 Å². The van der Waals surface area contributed by atoms with Gasteiger partial charge < -0.3 is 0 Å². The molecule has 0 bridgehead atoms. The minimum atomic E-state index is -1.95. The molecule has 0 aromatic carbocycles. The van der Waals surface area contributed by atoms with Gasteiger partial charge in [0.15, 0.2) is 0 Å². The van der Waals surface area contributed by atoms with Gasteiger partial charge in [0.05, 0.1) is 0 Å². The predicted molar refractivity (Wildman–Crippen MR) is 106 cm³/mol. The highest BCUT2D eigenvalue weighted by Gasteiger charge is 2.52. The summed E-state index contributed by atoms with van der Waals surface area (Å²) in [6.45, 7) is 0. The summed E-state index contributed by atoms with van der Waals surface area (Å²) in [5.41, 5.74) is 0. The minimum Gasteiger partial charge on any atom is -0.249 e. The first kappa shape index (κ1) is 25.0. The maximum absolute atomic E-state index is 5.51. The third-order valence-electron chi connectivity index (χ3n) is 3.46. The van der Waals surface area contributed by atoms with Gasteiger partial charge in [-0.2, -0.15) is 0 Å². The number of halogens is 1. The molecule has 0 heterocycles. The molecule has 0 rings (SSSR count). The van der Waals surface area contributed by atoms with Gasteiger partial charge in [-0.3, -0.25) is 0 Å². The van der Waals surface area contributed by atoms with Crippen LogP contribution in [0.2, 0.25) is 0 Å². The average molecular weight is 377 g/mol. The lowest BCUT2D eigenvalue weighted by atomic mass is 11.2. The van der Waals surface area contributed by atoms with Gasteiger partial charge in [0.1, 0.15) is 0 Å². The Bertz CT molecular complexity index is 333. The first-order chi connectivity index (χ1) is 9.37. The third kappa shape index (κ3) is 4.41. The van der Waals surface area contributed by atoms with E-state index in [1.807, 2.05) is 0 Å². The van der Waals surface area contributed by atoms with Crippen molar-refractivity contribution in [2.75, 3.05) is 84.6 Å². The molecule has 0 radical (unpaired) electrons. The van der Waals surface area contributed by atoms with Crippen LogP contribution < -0.4 is 0 Å².